The molecule has 0 aliphatic heterocycles. The minimum Gasteiger partial charge on any atom is -0.379 e. The van der Waals surface area contributed by atoms with Crippen LogP contribution in [0.2, 0.25) is 0 Å². The van der Waals surface area contributed by atoms with Crippen LogP contribution in [0.5, 0.6) is 0 Å². The van der Waals surface area contributed by atoms with Crippen molar-refractivity contribution in [3.05, 3.63) is 0 Å². The van der Waals surface area contributed by atoms with Crippen LogP contribution in [-0.4, -0.2) is 18.1 Å². The number of ether oxygens (including phenoxy) is 1. The summed E-state index contributed by atoms with van der Waals surface area (Å²) < 4.78 is 5.53. The van der Waals surface area contributed by atoms with Gasteiger partial charge in [-0.15, -0.1) is 11.6 Å². The molecule has 0 bridgehead atoms. The highest BCUT2D eigenvalue weighted by Crippen LogP contribution is 2.45. The molecule has 1 nitrogen and oxygen atoms in total. The van der Waals surface area contributed by atoms with E-state index in [0.717, 1.165) is 12.3 Å². The lowest BCUT2D eigenvalue weighted by Gasteiger charge is -2.43. The van der Waals surface area contributed by atoms with Gasteiger partial charge in [-0.3, -0.25) is 0 Å². The Bertz CT molecular complexity index is 260. The van der Waals surface area contributed by atoms with Crippen molar-refractivity contribution in [1.82, 2.24) is 0 Å². The van der Waals surface area contributed by atoms with Crippen LogP contribution in [0.15, 0.2) is 0 Å². The highest BCUT2D eigenvalue weighted by atomic mass is 35.5. The van der Waals surface area contributed by atoms with Gasteiger partial charge in [-0.25, -0.2) is 0 Å². The van der Waals surface area contributed by atoms with Crippen LogP contribution >= 0.6 is 11.6 Å². The monoisotopic (exact) mass is 274 g/mol. The molecule has 0 aromatic rings. The van der Waals surface area contributed by atoms with Crippen LogP contribution in [-0.2, 0) is 4.74 Å². The molecule has 1 aliphatic carbocycles. The van der Waals surface area contributed by atoms with Crippen LogP contribution in [0.25, 0.3) is 0 Å². The fourth-order valence-corrected chi connectivity index (χ4v) is 3.87. The Morgan fingerprint density at radius 3 is 2.22 bits per heavy atom. The quantitative estimate of drug-likeness (QED) is 0.621. The van der Waals surface area contributed by atoms with Gasteiger partial charge in [0.1, 0.15) is 0 Å². The smallest absolute Gasteiger partial charge is 0.0623 e. The first kappa shape index (κ1) is 16.3. The van der Waals surface area contributed by atoms with Gasteiger partial charge in [-0.1, -0.05) is 27.2 Å². The number of methoxy groups -OCH3 is 1. The van der Waals surface area contributed by atoms with E-state index in [-0.39, 0.29) is 5.60 Å². The Morgan fingerprint density at radius 1 is 1.11 bits per heavy atom. The molecule has 1 fully saturated rings. The second-order valence-electron chi connectivity index (χ2n) is 7.49. The van der Waals surface area contributed by atoms with Crippen molar-refractivity contribution >= 4 is 11.6 Å². The molecular formula is C16H31ClO. The first-order valence-corrected chi connectivity index (χ1v) is 7.81. The predicted octanol–water partition coefficient (Wildman–Crippen LogP) is 5.26. The molecule has 3 atom stereocenters. The minimum atomic E-state index is -0.0129. The van der Waals surface area contributed by atoms with Crippen molar-refractivity contribution in [3.63, 3.8) is 0 Å². The summed E-state index contributed by atoms with van der Waals surface area (Å²) in [6.07, 6.45) is 6.10. The van der Waals surface area contributed by atoms with Crippen LogP contribution in [0.1, 0.15) is 66.7 Å². The SMILES string of the molecule is COC(C)(C)CCC(C)(C)C1CCC(C)CC1Cl. The fraction of sp³-hybridized carbons (Fsp3) is 1.00. The summed E-state index contributed by atoms with van der Waals surface area (Å²) >= 11 is 6.61. The molecular weight excluding hydrogens is 244 g/mol. The minimum absolute atomic E-state index is 0.0129. The highest BCUT2D eigenvalue weighted by Gasteiger charge is 2.38. The lowest BCUT2D eigenvalue weighted by molar-refractivity contribution is -0.00200. The molecule has 0 spiro atoms. The zero-order valence-corrected chi connectivity index (χ0v) is 13.8. The molecule has 18 heavy (non-hydrogen) atoms. The van der Waals surface area contributed by atoms with Crippen molar-refractivity contribution in [2.45, 2.75) is 77.7 Å². The Balaban J connectivity index is 2.57. The number of halogens is 1. The molecule has 3 unspecified atom stereocenters. The summed E-state index contributed by atoms with van der Waals surface area (Å²) in [5, 5.41) is 0.356. The van der Waals surface area contributed by atoms with Gasteiger partial charge in [0.15, 0.2) is 0 Å². The average Bonchev–Trinajstić information content (AvgIpc) is 2.26. The van der Waals surface area contributed by atoms with E-state index in [2.05, 4.69) is 34.6 Å². The topological polar surface area (TPSA) is 9.23 Å². The van der Waals surface area contributed by atoms with Gasteiger partial charge in [0, 0.05) is 12.5 Å². The van der Waals surface area contributed by atoms with Gasteiger partial charge < -0.3 is 4.74 Å². The van der Waals surface area contributed by atoms with Gasteiger partial charge in [-0.05, 0) is 56.8 Å². The molecule has 1 rings (SSSR count). The number of rotatable bonds is 5. The Hall–Kier alpha value is 0.250. The standard InChI is InChI=1S/C16H31ClO/c1-12-7-8-13(14(17)11-12)15(2,3)9-10-16(4,5)18-6/h12-14H,7-11H2,1-6H3. The van der Waals surface area contributed by atoms with E-state index in [1.54, 1.807) is 7.11 Å². The number of alkyl halides is 1. The summed E-state index contributed by atoms with van der Waals surface area (Å²) in [6.45, 7) is 11.4. The molecule has 0 heterocycles. The van der Waals surface area contributed by atoms with Crippen LogP contribution in [0, 0.1) is 17.3 Å². The number of hydrogen-bond acceptors (Lipinski definition) is 1. The van der Waals surface area contributed by atoms with Crippen molar-refractivity contribution < 1.29 is 4.74 Å². The van der Waals surface area contributed by atoms with Gasteiger partial charge in [-0.2, -0.15) is 0 Å². The molecule has 0 saturated heterocycles. The summed E-state index contributed by atoms with van der Waals surface area (Å²) in [5.41, 5.74) is 0.309. The van der Waals surface area contributed by atoms with Crippen molar-refractivity contribution in [2.24, 2.45) is 17.3 Å². The highest BCUT2D eigenvalue weighted by molar-refractivity contribution is 6.20. The van der Waals surface area contributed by atoms with E-state index in [9.17, 15) is 0 Å². The average molecular weight is 275 g/mol. The Kier molecular flexibility index (Phi) is 5.56. The second-order valence-corrected chi connectivity index (χ2v) is 8.05. The van der Waals surface area contributed by atoms with Gasteiger partial charge in [0.2, 0.25) is 0 Å². The van der Waals surface area contributed by atoms with E-state index in [1.807, 2.05) is 0 Å². The summed E-state index contributed by atoms with van der Waals surface area (Å²) in [4.78, 5) is 0. The lowest BCUT2D eigenvalue weighted by Crippen LogP contribution is -2.37. The molecule has 0 radical (unpaired) electrons. The van der Waals surface area contributed by atoms with E-state index in [1.165, 1.54) is 25.7 Å². The van der Waals surface area contributed by atoms with E-state index >= 15 is 0 Å². The maximum Gasteiger partial charge on any atom is 0.0623 e. The second kappa shape index (κ2) is 6.13. The van der Waals surface area contributed by atoms with Crippen LogP contribution in [0.3, 0.4) is 0 Å². The van der Waals surface area contributed by atoms with Crippen LogP contribution in [0.4, 0.5) is 0 Å². The summed E-state index contributed by atoms with van der Waals surface area (Å²) in [7, 11) is 1.81. The first-order valence-electron chi connectivity index (χ1n) is 7.37. The zero-order chi connectivity index (χ0) is 14.0. The van der Waals surface area contributed by atoms with E-state index in [0.29, 0.717) is 16.7 Å². The molecule has 0 aromatic heterocycles. The van der Waals surface area contributed by atoms with E-state index < -0.39 is 0 Å². The third-order valence-electron chi connectivity index (χ3n) is 4.96. The Morgan fingerprint density at radius 2 is 1.72 bits per heavy atom. The third-order valence-corrected chi connectivity index (χ3v) is 5.44. The number of hydrogen-bond donors (Lipinski definition) is 0. The largest absolute Gasteiger partial charge is 0.379 e. The molecule has 0 amide bonds. The van der Waals surface area contributed by atoms with Crippen molar-refractivity contribution in [2.75, 3.05) is 7.11 Å². The predicted molar refractivity (Wildman–Crippen MR) is 80.2 cm³/mol. The normalized spacial score (nSPS) is 30.5. The van der Waals surface area contributed by atoms with Gasteiger partial charge in [0.25, 0.3) is 0 Å². The molecule has 2 heteroatoms. The Labute approximate surface area is 119 Å². The first-order chi connectivity index (χ1) is 8.18. The van der Waals surface area contributed by atoms with Crippen molar-refractivity contribution in [1.29, 1.82) is 0 Å². The maximum atomic E-state index is 6.61. The van der Waals surface area contributed by atoms with Gasteiger partial charge in [0.05, 0.1) is 5.60 Å². The molecule has 0 aromatic carbocycles. The molecule has 1 aliphatic rings. The molecule has 108 valence electrons. The lowest BCUT2D eigenvalue weighted by atomic mass is 9.66. The summed E-state index contributed by atoms with van der Waals surface area (Å²) in [6, 6.07) is 0. The van der Waals surface area contributed by atoms with E-state index in [4.69, 9.17) is 16.3 Å². The van der Waals surface area contributed by atoms with Crippen molar-refractivity contribution in [3.8, 4) is 0 Å². The third kappa shape index (κ3) is 4.42. The van der Waals surface area contributed by atoms with Gasteiger partial charge >= 0.3 is 0 Å². The zero-order valence-electron chi connectivity index (χ0n) is 13.1. The summed E-state index contributed by atoms with van der Waals surface area (Å²) in [5.74, 6) is 1.46. The molecule has 0 N–H and O–H groups in total. The fourth-order valence-electron chi connectivity index (χ4n) is 3.10. The van der Waals surface area contributed by atoms with Crippen LogP contribution < -0.4 is 0 Å². The maximum absolute atomic E-state index is 6.61. The molecule has 1 saturated carbocycles.